The second kappa shape index (κ2) is 9.74. The van der Waals surface area contributed by atoms with E-state index in [0.29, 0.717) is 32.8 Å². The summed E-state index contributed by atoms with van der Waals surface area (Å²) in [7, 11) is 1.64. The number of thiophene rings is 1. The number of fused-ring (bicyclic) bond motifs is 1. The van der Waals surface area contributed by atoms with Crippen LogP contribution in [0.1, 0.15) is 53.0 Å². The number of benzene rings is 1. The monoisotopic (exact) mass is 468 g/mol. The molecular formula is C24H28N4O4S. The molecule has 0 saturated carbocycles. The van der Waals surface area contributed by atoms with Crippen LogP contribution in [-0.4, -0.2) is 46.0 Å². The second-order valence-electron chi connectivity index (χ2n) is 8.25. The Labute approximate surface area is 196 Å². The first-order valence-corrected chi connectivity index (χ1v) is 12.0. The van der Waals surface area contributed by atoms with Crippen molar-refractivity contribution in [2.45, 2.75) is 39.2 Å². The molecule has 0 radical (unpaired) electrons. The van der Waals surface area contributed by atoms with E-state index in [-0.39, 0.29) is 30.0 Å². The maximum atomic E-state index is 13.2. The molecule has 1 aliphatic rings. The van der Waals surface area contributed by atoms with Gasteiger partial charge in [0.05, 0.1) is 22.6 Å². The first-order valence-electron chi connectivity index (χ1n) is 11.2. The molecule has 3 heterocycles. The Morgan fingerprint density at radius 3 is 2.70 bits per heavy atom. The summed E-state index contributed by atoms with van der Waals surface area (Å²) in [6.07, 6.45) is 4.17. The molecule has 8 nitrogen and oxygen atoms in total. The Morgan fingerprint density at radius 2 is 1.97 bits per heavy atom. The number of nitrogens with one attached hydrogen (secondary N) is 1. The molecule has 174 valence electrons. The van der Waals surface area contributed by atoms with Crippen LogP contribution in [0.5, 0.6) is 5.75 Å². The van der Waals surface area contributed by atoms with E-state index in [9.17, 15) is 14.4 Å². The lowest BCUT2D eigenvalue weighted by atomic mass is 10.0. The Bertz CT molecular complexity index is 1240. The van der Waals surface area contributed by atoms with Crippen LogP contribution in [0.4, 0.5) is 0 Å². The Morgan fingerprint density at radius 1 is 1.24 bits per heavy atom. The predicted octanol–water partition coefficient (Wildman–Crippen LogP) is 3.19. The van der Waals surface area contributed by atoms with Crippen molar-refractivity contribution in [2.75, 3.05) is 19.7 Å². The summed E-state index contributed by atoms with van der Waals surface area (Å²) in [5, 5.41) is 3.56. The summed E-state index contributed by atoms with van der Waals surface area (Å²) >= 11 is 1.22. The van der Waals surface area contributed by atoms with E-state index in [1.165, 1.54) is 22.2 Å². The molecule has 1 fully saturated rings. The molecule has 2 amide bonds. The summed E-state index contributed by atoms with van der Waals surface area (Å²) in [6.45, 7) is 5.30. The third-order valence-corrected chi connectivity index (χ3v) is 7.23. The highest BCUT2D eigenvalue weighted by atomic mass is 32.1. The minimum absolute atomic E-state index is 0.0191. The van der Waals surface area contributed by atoms with Gasteiger partial charge in [0.2, 0.25) is 0 Å². The number of carbonyl (C=O) groups is 2. The lowest BCUT2D eigenvalue weighted by molar-refractivity contribution is -0.132. The third kappa shape index (κ3) is 4.64. The highest BCUT2D eigenvalue weighted by molar-refractivity contribution is 7.20. The van der Waals surface area contributed by atoms with Gasteiger partial charge in [0.25, 0.3) is 17.4 Å². The van der Waals surface area contributed by atoms with Crippen LogP contribution in [0.25, 0.3) is 10.2 Å². The quantitative estimate of drug-likeness (QED) is 0.575. The molecule has 0 aliphatic carbocycles. The highest BCUT2D eigenvalue weighted by Gasteiger charge is 2.24. The fourth-order valence-electron chi connectivity index (χ4n) is 4.15. The summed E-state index contributed by atoms with van der Waals surface area (Å²) in [4.78, 5) is 45.2. The van der Waals surface area contributed by atoms with Gasteiger partial charge in [0.15, 0.2) is 6.61 Å². The normalized spacial score (nSPS) is 14.5. The summed E-state index contributed by atoms with van der Waals surface area (Å²) in [6, 6.07) is 7.15. The van der Waals surface area contributed by atoms with Gasteiger partial charge in [0, 0.05) is 25.7 Å². The van der Waals surface area contributed by atoms with Crippen LogP contribution in [0, 0.1) is 6.92 Å². The Kier molecular flexibility index (Phi) is 6.78. The molecule has 0 bridgehead atoms. The molecule has 9 heteroatoms. The van der Waals surface area contributed by atoms with Crippen LogP contribution in [0.15, 0.2) is 35.4 Å². The average molecular weight is 469 g/mol. The van der Waals surface area contributed by atoms with Gasteiger partial charge in [-0.3, -0.25) is 14.4 Å². The van der Waals surface area contributed by atoms with E-state index in [4.69, 9.17) is 4.74 Å². The minimum Gasteiger partial charge on any atom is -0.483 e. The van der Waals surface area contributed by atoms with E-state index in [2.05, 4.69) is 10.3 Å². The molecule has 1 aliphatic heterocycles. The molecule has 4 rings (SSSR count). The van der Waals surface area contributed by atoms with Crippen LogP contribution in [0.2, 0.25) is 0 Å². The van der Waals surface area contributed by atoms with Crippen molar-refractivity contribution < 1.29 is 14.3 Å². The van der Waals surface area contributed by atoms with E-state index >= 15 is 0 Å². The molecule has 2 aromatic heterocycles. The number of para-hydroxylation sites is 1. The first-order chi connectivity index (χ1) is 15.9. The van der Waals surface area contributed by atoms with Gasteiger partial charge < -0.3 is 19.5 Å². The maximum absolute atomic E-state index is 13.2. The molecule has 1 aromatic carbocycles. The molecular weight excluding hydrogens is 440 g/mol. The summed E-state index contributed by atoms with van der Waals surface area (Å²) in [5.74, 6) is 0.308. The minimum atomic E-state index is -0.309. The van der Waals surface area contributed by atoms with Crippen LogP contribution >= 0.6 is 11.3 Å². The molecule has 1 N–H and O–H groups in total. The molecule has 1 unspecified atom stereocenters. The largest absolute Gasteiger partial charge is 0.483 e. The number of hydrogen-bond acceptors (Lipinski definition) is 6. The Hall–Kier alpha value is -3.20. The van der Waals surface area contributed by atoms with E-state index < -0.39 is 0 Å². The summed E-state index contributed by atoms with van der Waals surface area (Å²) in [5.41, 5.74) is 1.29. The zero-order chi connectivity index (χ0) is 23.5. The number of rotatable bonds is 7. The van der Waals surface area contributed by atoms with Crippen molar-refractivity contribution in [2.24, 2.45) is 7.05 Å². The fourth-order valence-corrected chi connectivity index (χ4v) is 5.19. The van der Waals surface area contributed by atoms with Gasteiger partial charge in [-0.1, -0.05) is 25.1 Å². The van der Waals surface area contributed by atoms with Gasteiger partial charge in [-0.2, -0.15) is 0 Å². The number of likely N-dealkylation sites (tertiary alicyclic amines) is 1. The van der Waals surface area contributed by atoms with Gasteiger partial charge in [0.1, 0.15) is 10.6 Å². The van der Waals surface area contributed by atoms with Crippen molar-refractivity contribution in [1.29, 1.82) is 0 Å². The third-order valence-electron chi connectivity index (χ3n) is 6.03. The van der Waals surface area contributed by atoms with Gasteiger partial charge in [-0.05, 0) is 37.8 Å². The van der Waals surface area contributed by atoms with Crippen LogP contribution in [0.3, 0.4) is 0 Å². The molecule has 1 atom stereocenters. The summed E-state index contributed by atoms with van der Waals surface area (Å²) < 4.78 is 7.30. The molecule has 1 saturated heterocycles. The van der Waals surface area contributed by atoms with E-state index in [1.807, 2.05) is 36.1 Å². The van der Waals surface area contributed by atoms with Crippen molar-refractivity contribution in [1.82, 2.24) is 19.8 Å². The van der Waals surface area contributed by atoms with Gasteiger partial charge >= 0.3 is 0 Å². The predicted molar refractivity (Wildman–Crippen MR) is 128 cm³/mol. The number of carbonyl (C=O) groups excluding carboxylic acids is 2. The number of aromatic nitrogens is 2. The lowest BCUT2D eigenvalue weighted by Crippen LogP contribution is -2.32. The zero-order valence-electron chi connectivity index (χ0n) is 19.1. The Balaban J connectivity index is 1.54. The van der Waals surface area contributed by atoms with E-state index in [0.717, 1.165) is 31.5 Å². The maximum Gasteiger partial charge on any atom is 0.262 e. The van der Waals surface area contributed by atoms with Gasteiger partial charge in [-0.15, -0.1) is 11.3 Å². The van der Waals surface area contributed by atoms with Crippen molar-refractivity contribution >= 4 is 33.4 Å². The topological polar surface area (TPSA) is 93.5 Å². The van der Waals surface area contributed by atoms with E-state index in [1.54, 1.807) is 14.0 Å². The number of ether oxygens (including phenoxy) is 1. The van der Waals surface area contributed by atoms with Crippen molar-refractivity contribution in [3.05, 3.63) is 57.0 Å². The zero-order valence-corrected chi connectivity index (χ0v) is 19.9. The van der Waals surface area contributed by atoms with Crippen LogP contribution in [-0.2, 0) is 11.8 Å². The second-order valence-corrected chi connectivity index (χ2v) is 9.24. The number of amides is 2. The molecule has 33 heavy (non-hydrogen) atoms. The van der Waals surface area contributed by atoms with Crippen molar-refractivity contribution in [3.63, 3.8) is 0 Å². The standard InChI is InChI=1S/C24H28N4O4S/c1-4-17(16-9-5-6-10-18(16)32-13-19(29)28-11-7-8-12-28)26-22(30)21-15(2)20-23(33-21)25-14-27(3)24(20)31/h5-6,9-10,14,17H,4,7-8,11-13H2,1-3H3,(H,26,30). The highest BCUT2D eigenvalue weighted by Crippen LogP contribution is 2.30. The first kappa shape index (κ1) is 23.0. The lowest BCUT2D eigenvalue weighted by Gasteiger charge is -2.21. The average Bonchev–Trinajstić information content (AvgIpc) is 3.47. The molecule has 3 aromatic rings. The van der Waals surface area contributed by atoms with Crippen LogP contribution < -0.4 is 15.6 Å². The van der Waals surface area contributed by atoms with Crippen molar-refractivity contribution in [3.8, 4) is 5.75 Å². The molecule has 0 spiro atoms. The number of hydrogen-bond donors (Lipinski definition) is 1. The van der Waals surface area contributed by atoms with Gasteiger partial charge in [-0.25, -0.2) is 4.98 Å². The smallest absolute Gasteiger partial charge is 0.262 e. The fraction of sp³-hybridized carbons (Fsp3) is 0.417. The number of nitrogens with zero attached hydrogens (tertiary/aromatic N) is 3. The number of aryl methyl sites for hydroxylation is 2. The SMILES string of the molecule is CCC(NC(=O)c1sc2ncn(C)c(=O)c2c1C)c1ccccc1OCC(=O)N1CCCC1.